The summed E-state index contributed by atoms with van der Waals surface area (Å²) in [5.74, 6) is 0.669. The minimum absolute atomic E-state index is 0.669. The van der Waals surface area contributed by atoms with Crippen molar-refractivity contribution in [1.29, 1.82) is 0 Å². The van der Waals surface area contributed by atoms with Gasteiger partial charge >= 0.3 is 0 Å². The second kappa shape index (κ2) is 14.7. The summed E-state index contributed by atoms with van der Waals surface area (Å²) in [6, 6.07) is 82.0. The summed E-state index contributed by atoms with van der Waals surface area (Å²) in [6.07, 6.45) is 0. The Hall–Kier alpha value is -8.34. The van der Waals surface area contributed by atoms with Gasteiger partial charge in [0.2, 0.25) is 0 Å². The van der Waals surface area contributed by atoms with Gasteiger partial charge in [-0.3, -0.25) is 0 Å². The molecule has 0 N–H and O–H groups in total. The summed E-state index contributed by atoms with van der Waals surface area (Å²) in [4.78, 5) is 10.6. The lowest BCUT2D eigenvalue weighted by molar-refractivity contribution is 1.14. The van der Waals surface area contributed by atoms with Crippen molar-refractivity contribution >= 4 is 43.6 Å². The normalized spacial score (nSPS) is 11.5. The van der Waals surface area contributed by atoms with Crippen molar-refractivity contribution in [3.8, 4) is 67.5 Å². The fourth-order valence-corrected chi connectivity index (χ4v) is 9.20. The summed E-state index contributed by atoms with van der Waals surface area (Å²) in [5, 5.41) is 4.86. The van der Waals surface area contributed by atoms with Gasteiger partial charge in [0.25, 0.3) is 0 Å². The van der Waals surface area contributed by atoms with E-state index < -0.39 is 0 Å². The van der Waals surface area contributed by atoms with E-state index in [2.05, 4.69) is 240 Å². The number of nitrogens with zero attached hydrogens (tertiary/aromatic N) is 4. The molecule has 0 radical (unpaired) electrons. The fraction of sp³-hybridized carbons (Fsp3) is 0. The molecule has 0 aliphatic heterocycles. The van der Waals surface area contributed by atoms with Gasteiger partial charge in [0.15, 0.2) is 5.82 Å². The van der Waals surface area contributed by atoms with Crippen LogP contribution in [-0.2, 0) is 0 Å². The quantitative estimate of drug-likeness (QED) is 0.161. The molecule has 3 heterocycles. The summed E-state index contributed by atoms with van der Waals surface area (Å²) in [6.45, 7) is 0. The first-order valence-corrected chi connectivity index (χ1v) is 21.1. The number of hydrogen-bond donors (Lipinski definition) is 0. The molecule has 4 heteroatoms. The van der Waals surface area contributed by atoms with E-state index in [9.17, 15) is 0 Å². The zero-order valence-corrected chi connectivity index (χ0v) is 33.7. The zero-order chi connectivity index (χ0) is 41.0. The summed E-state index contributed by atoms with van der Waals surface area (Å²) in [5.41, 5.74) is 16.3. The van der Waals surface area contributed by atoms with E-state index in [1.807, 2.05) is 0 Å². The van der Waals surface area contributed by atoms with Gasteiger partial charge in [-0.25, -0.2) is 9.97 Å². The fourth-order valence-electron chi connectivity index (χ4n) is 9.20. The molecule has 0 saturated carbocycles. The first-order valence-electron chi connectivity index (χ1n) is 21.1. The molecule has 290 valence electrons. The van der Waals surface area contributed by atoms with E-state index in [0.717, 1.165) is 50.5 Å². The molecule has 0 aliphatic rings. The largest absolute Gasteiger partial charge is 0.307 e. The molecule has 12 rings (SSSR count). The average molecular weight is 791 g/mol. The Bertz CT molecular complexity index is 3490. The second-order valence-electron chi connectivity index (χ2n) is 15.8. The van der Waals surface area contributed by atoms with Gasteiger partial charge in [-0.1, -0.05) is 188 Å². The molecule has 0 aliphatic carbocycles. The highest BCUT2D eigenvalue weighted by Gasteiger charge is 2.22. The predicted octanol–water partition coefficient (Wildman–Crippen LogP) is 15.0. The molecule has 3 aromatic heterocycles. The molecular weight excluding hydrogens is 753 g/mol. The van der Waals surface area contributed by atoms with Crippen LogP contribution in [0, 0.1) is 0 Å². The monoisotopic (exact) mass is 790 g/mol. The molecule has 0 unspecified atom stereocenters. The Labute approximate surface area is 359 Å². The molecule has 0 amide bonds. The third-order valence-corrected chi connectivity index (χ3v) is 12.1. The van der Waals surface area contributed by atoms with Crippen LogP contribution >= 0.6 is 0 Å². The average Bonchev–Trinajstić information content (AvgIpc) is 3.88. The SMILES string of the molecule is c1ccc(-c2ccc(-c3cc(-c4ccc(-c5ccccc5)cc4)nc(-c4cccc(-n5c6ccccc6c6ccc7c8ccccc8n(-c8ccccc8)c7c65)c4)n3)cc2)cc1. The minimum Gasteiger partial charge on any atom is -0.307 e. The van der Waals surface area contributed by atoms with E-state index >= 15 is 0 Å². The minimum atomic E-state index is 0.669. The standard InChI is InChI=1S/C58H38N4/c1-4-15-39(16-5-1)41-27-31-43(32-28-41)52-38-53(44-33-29-42(30-34-44)40-17-6-2-7-18-40)60-58(59-52)45-19-14-22-47(37-45)62-55-26-13-11-24-49(55)51-36-35-50-48-23-10-12-25-54(48)61(56(50)57(51)62)46-20-8-3-9-21-46/h1-38H. The van der Waals surface area contributed by atoms with Crippen LogP contribution in [0.5, 0.6) is 0 Å². The van der Waals surface area contributed by atoms with Gasteiger partial charge in [-0.15, -0.1) is 0 Å². The number of hydrogen-bond acceptors (Lipinski definition) is 2. The van der Waals surface area contributed by atoms with Crippen LogP contribution < -0.4 is 0 Å². The van der Waals surface area contributed by atoms with Crippen LogP contribution in [0.3, 0.4) is 0 Å². The van der Waals surface area contributed by atoms with Crippen molar-refractivity contribution in [2.24, 2.45) is 0 Å². The highest BCUT2D eigenvalue weighted by Crippen LogP contribution is 2.42. The van der Waals surface area contributed by atoms with Crippen LogP contribution in [0.25, 0.3) is 111 Å². The van der Waals surface area contributed by atoms with Crippen LogP contribution in [0.4, 0.5) is 0 Å². The van der Waals surface area contributed by atoms with Gasteiger partial charge in [-0.05, 0) is 64.7 Å². The van der Waals surface area contributed by atoms with Crippen LogP contribution in [0.2, 0.25) is 0 Å². The Morgan fingerprint density at radius 2 is 0.645 bits per heavy atom. The zero-order valence-electron chi connectivity index (χ0n) is 33.7. The van der Waals surface area contributed by atoms with E-state index in [0.29, 0.717) is 5.82 Å². The Balaban J connectivity index is 1.06. The Kier molecular flexibility index (Phi) is 8.46. The number of fused-ring (bicyclic) bond motifs is 7. The molecule has 0 atom stereocenters. The molecule has 4 nitrogen and oxygen atoms in total. The molecule has 0 fully saturated rings. The van der Waals surface area contributed by atoms with E-state index in [-0.39, 0.29) is 0 Å². The highest BCUT2D eigenvalue weighted by molar-refractivity contribution is 6.23. The summed E-state index contributed by atoms with van der Waals surface area (Å²) < 4.78 is 4.86. The van der Waals surface area contributed by atoms with Crippen molar-refractivity contribution in [3.63, 3.8) is 0 Å². The van der Waals surface area contributed by atoms with Crippen molar-refractivity contribution in [3.05, 3.63) is 231 Å². The smallest absolute Gasteiger partial charge is 0.160 e. The van der Waals surface area contributed by atoms with Gasteiger partial charge in [0, 0.05) is 49.6 Å². The van der Waals surface area contributed by atoms with Crippen LogP contribution in [0.15, 0.2) is 231 Å². The van der Waals surface area contributed by atoms with Gasteiger partial charge in [0.05, 0.1) is 33.5 Å². The number of para-hydroxylation sites is 3. The first-order chi connectivity index (χ1) is 30.7. The maximum Gasteiger partial charge on any atom is 0.160 e. The molecule has 0 spiro atoms. The van der Waals surface area contributed by atoms with Crippen molar-refractivity contribution < 1.29 is 0 Å². The van der Waals surface area contributed by atoms with Gasteiger partial charge < -0.3 is 9.13 Å². The van der Waals surface area contributed by atoms with Crippen molar-refractivity contribution in [1.82, 2.24) is 19.1 Å². The molecular formula is C58H38N4. The number of benzene rings is 9. The first kappa shape index (κ1) is 35.6. The molecule has 9 aromatic carbocycles. The summed E-state index contributed by atoms with van der Waals surface area (Å²) in [7, 11) is 0. The maximum atomic E-state index is 5.32. The lowest BCUT2D eigenvalue weighted by Gasteiger charge is -2.14. The van der Waals surface area contributed by atoms with Crippen molar-refractivity contribution in [2.75, 3.05) is 0 Å². The Morgan fingerprint density at radius 1 is 0.258 bits per heavy atom. The highest BCUT2D eigenvalue weighted by atomic mass is 15.0. The number of aromatic nitrogens is 4. The molecule has 0 bridgehead atoms. The predicted molar refractivity (Wildman–Crippen MR) is 258 cm³/mol. The van der Waals surface area contributed by atoms with Crippen LogP contribution in [-0.4, -0.2) is 19.1 Å². The van der Waals surface area contributed by atoms with Crippen molar-refractivity contribution in [2.45, 2.75) is 0 Å². The van der Waals surface area contributed by atoms with Crippen LogP contribution in [0.1, 0.15) is 0 Å². The maximum absolute atomic E-state index is 5.32. The lowest BCUT2D eigenvalue weighted by Crippen LogP contribution is -2.00. The molecule has 12 aromatic rings. The third-order valence-electron chi connectivity index (χ3n) is 12.1. The Morgan fingerprint density at radius 3 is 1.16 bits per heavy atom. The van der Waals surface area contributed by atoms with E-state index in [4.69, 9.17) is 9.97 Å². The van der Waals surface area contributed by atoms with E-state index in [1.54, 1.807) is 0 Å². The summed E-state index contributed by atoms with van der Waals surface area (Å²) >= 11 is 0. The second-order valence-corrected chi connectivity index (χ2v) is 15.8. The van der Waals surface area contributed by atoms with Gasteiger partial charge in [-0.2, -0.15) is 0 Å². The van der Waals surface area contributed by atoms with Gasteiger partial charge in [0.1, 0.15) is 0 Å². The van der Waals surface area contributed by atoms with E-state index in [1.165, 1.54) is 54.8 Å². The lowest BCUT2D eigenvalue weighted by atomic mass is 10.0. The third kappa shape index (κ3) is 6.00. The molecule has 0 saturated heterocycles. The number of rotatable bonds is 7. The topological polar surface area (TPSA) is 35.6 Å². The molecule has 62 heavy (non-hydrogen) atoms.